The second-order valence-corrected chi connectivity index (χ2v) is 6.07. The zero-order valence-corrected chi connectivity index (χ0v) is 10.1. The van der Waals surface area contributed by atoms with Gasteiger partial charge in [-0.2, -0.15) is 0 Å². The summed E-state index contributed by atoms with van der Waals surface area (Å²) in [5.41, 5.74) is 0. The lowest BCUT2D eigenvalue weighted by molar-refractivity contribution is 0.0363. The van der Waals surface area contributed by atoms with Gasteiger partial charge in [0.15, 0.2) is 0 Å². The number of likely N-dealkylation sites (tertiary alicyclic amines) is 1. The van der Waals surface area contributed by atoms with E-state index in [-0.39, 0.29) is 0 Å². The fourth-order valence-electron chi connectivity index (χ4n) is 3.89. The van der Waals surface area contributed by atoms with Crippen molar-refractivity contribution in [3.63, 3.8) is 0 Å². The highest BCUT2D eigenvalue weighted by Gasteiger charge is 2.46. The lowest BCUT2D eigenvalue weighted by Gasteiger charge is -2.45. The van der Waals surface area contributed by atoms with Gasteiger partial charge in [0.1, 0.15) is 0 Å². The minimum atomic E-state index is 0.832. The smallest absolute Gasteiger partial charge is 0.0165 e. The number of hydrogen-bond donors (Lipinski definition) is 1. The molecule has 3 aliphatic rings. The van der Waals surface area contributed by atoms with Crippen LogP contribution in [0.25, 0.3) is 0 Å². The van der Waals surface area contributed by atoms with Crippen molar-refractivity contribution < 1.29 is 0 Å². The maximum atomic E-state index is 3.60. The highest BCUT2D eigenvalue weighted by Crippen LogP contribution is 2.41. The Morgan fingerprint density at radius 2 is 1.93 bits per heavy atom. The van der Waals surface area contributed by atoms with Crippen LogP contribution < -0.4 is 5.32 Å². The van der Waals surface area contributed by atoms with Crippen molar-refractivity contribution in [3.8, 4) is 0 Å². The van der Waals surface area contributed by atoms with E-state index >= 15 is 0 Å². The summed E-state index contributed by atoms with van der Waals surface area (Å²) in [6, 6.07) is 1.82. The van der Waals surface area contributed by atoms with E-state index < -0.39 is 0 Å². The largest absolute Gasteiger partial charge is 0.316 e. The van der Waals surface area contributed by atoms with Gasteiger partial charge in [-0.15, -0.1) is 0 Å². The zero-order chi connectivity index (χ0) is 10.4. The standard InChI is InChI=1S/C13H24N2/c1-9(2)13-12-8-14-7-10(12)5-6-15(13)11-3-4-11/h9-14H,3-8H2,1-2H3. The summed E-state index contributed by atoms with van der Waals surface area (Å²) in [6.07, 6.45) is 4.37. The first-order valence-corrected chi connectivity index (χ1v) is 6.74. The maximum Gasteiger partial charge on any atom is 0.0165 e. The minimum absolute atomic E-state index is 0.832. The molecule has 3 fully saturated rings. The molecule has 2 heteroatoms. The third kappa shape index (κ3) is 1.72. The van der Waals surface area contributed by atoms with Gasteiger partial charge in [0, 0.05) is 12.1 Å². The molecule has 3 unspecified atom stereocenters. The van der Waals surface area contributed by atoms with E-state index in [1.165, 1.54) is 38.9 Å². The molecule has 1 saturated carbocycles. The van der Waals surface area contributed by atoms with Crippen molar-refractivity contribution in [2.45, 2.75) is 45.2 Å². The van der Waals surface area contributed by atoms with Crippen LogP contribution in [0.15, 0.2) is 0 Å². The van der Waals surface area contributed by atoms with Gasteiger partial charge in [0.05, 0.1) is 0 Å². The van der Waals surface area contributed by atoms with E-state index in [1.54, 1.807) is 0 Å². The van der Waals surface area contributed by atoms with Crippen LogP contribution in [0.4, 0.5) is 0 Å². The Labute approximate surface area is 93.4 Å². The quantitative estimate of drug-likeness (QED) is 0.743. The highest BCUT2D eigenvalue weighted by atomic mass is 15.2. The van der Waals surface area contributed by atoms with Crippen molar-refractivity contribution in [1.29, 1.82) is 0 Å². The monoisotopic (exact) mass is 208 g/mol. The fraction of sp³-hybridized carbons (Fsp3) is 1.00. The molecule has 1 N–H and O–H groups in total. The van der Waals surface area contributed by atoms with Crippen LogP contribution >= 0.6 is 0 Å². The van der Waals surface area contributed by atoms with Gasteiger partial charge in [-0.1, -0.05) is 13.8 Å². The molecule has 0 aromatic carbocycles. The van der Waals surface area contributed by atoms with Gasteiger partial charge in [-0.25, -0.2) is 0 Å². The summed E-state index contributed by atoms with van der Waals surface area (Å²) >= 11 is 0. The molecule has 3 atom stereocenters. The van der Waals surface area contributed by atoms with Gasteiger partial charge >= 0.3 is 0 Å². The van der Waals surface area contributed by atoms with Crippen LogP contribution in [0.3, 0.4) is 0 Å². The Morgan fingerprint density at radius 1 is 1.13 bits per heavy atom. The van der Waals surface area contributed by atoms with Crippen LogP contribution in [-0.4, -0.2) is 36.6 Å². The van der Waals surface area contributed by atoms with Gasteiger partial charge in [0.2, 0.25) is 0 Å². The molecule has 2 saturated heterocycles. The second-order valence-electron chi connectivity index (χ2n) is 6.07. The number of piperidine rings is 1. The van der Waals surface area contributed by atoms with E-state index in [0.717, 1.165) is 29.8 Å². The summed E-state index contributed by atoms with van der Waals surface area (Å²) in [4.78, 5) is 2.85. The van der Waals surface area contributed by atoms with Crippen LogP contribution in [0.2, 0.25) is 0 Å². The topological polar surface area (TPSA) is 15.3 Å². The van der Waals surface area contributed by atoms with Crippen molar-refractivity contribution in [2.75, 3.05) is 19.6 Å². The Bertz CT molecular complexity index is 233. The Kier molecular flexibility index (Phi) is 2.52. The van der Waals surface area contributed by atoms with Crippen molar-refractivity contribution >= 4 is 0 Å². The first kappa shape index (κ1) is 10.1. The van der Waals surface area contributed by atoms with Gasteiger partial charge < -0.3 is 5.32 Å². The van der Waals surface area contributed by atoms with Crippen molar-refractivity contribution in [3.05, 3.63) is 0 Å². The molecule has 15 heavy (non-hydrogen) atoms. The molecule has 86 valence electrons. The summed E-state index contributed by atoms with van der Waals surface area (Å²) in [5, 5.41) is 3.60. The second kappa shape index (κ2) is 3.74. The molecule has 0 aromatic rings. The molecule has 0 aromatic heterocycles. The molecule has 0 radical (unpaired) electrons. The molecule has 0 bridgehead atoms. The van der Waals surface area contributed by atoms with Gasteiger partial charge in [-0.05, 0) is 56.7 Å². The zero-order valence-electron chi connectivity index (χ0n) is 10.1. The average Bonchev–Trinajstić information content (AvgIpc) is 2.94. The van der Waals surface area contributed by atoms with E-state index in [4.69, 9.17) is 0 Å². The normalized spacial score (nSPS) is 42.2. The number of nitrogens with one attached hydrogen (secondary N) is 1. The van der Waals surface area contributed by atoms with Crippen molar-refractivity contribution in [1.82, 2.24) is 10.2 Å². The van der Waals surface area contributed by atoms with E-state index in [2.05, 4.69) is 24.1 Å². The SMILES string of the molecule is CC(C)C1C2CNCC2CCN1C1CC1. The Hall–Kier alpha value is -0.0800. The number of hydrogen-bond acceptors (Lipinski definition) is 2. The minimum Gasteiger partial charge on any atom is -0.316 e. The Morgan fingerprint density at radius 3 is 2.60 bits per heavy atom. The molecule has 1 aliphatic carbocycles. The lowest BCUT2D eigenvalue weighted by Crippen LogP contribution is -2.52. The number of nitrogens with zero attached hydrogens (tertiary/aromatic N) is 1. The number of fused-ring (bicyclic) bond motifs is 1. The average molecular weight is 208 g/mol. The summed E-state index contributed by atoms with van der Waals surface area (Å²) in [5.74, 6) is 2.75. The summed E-state index contributed by atoms with van der Waals surface area (Å²) < 4.78 is 0. The van der Waals surface area contributed by atoms with E-state index in [0.29, 0.717) is 0 Å². The Balaban J connectivity index is 1.79. The molecular formula is C13H24N2. The van der Waals surface area contributed by atoms with Crippen LogP contribution in [0, 0.1) is 17.8 Å². The maximum absolute atomic E-state index is 3.60. The molecule has 2 aliphatic heterocycles. The lowest BCUT2D eigenvalue weighted by atomic mass is 9.77. The molecule has 0 spiro atoms. The number of rotatable bonds is 2. The highest BCUT2D eigenvalue weighted by molar-refractivity contribution is 5.00. The first-order valence-electron chi connectivity index (χ1n) is 6.74. The predicted molar refractivity (Wildman–Crippen MR) is 62.8 cm³/mol. The van der Waals surface area contributed by atoms with Crippen LogP contribution in [0.5, 0.6) is 0 Å². The van der Waals surface area contributed by atoms with Crippen LogP contribution in [-0.2, 0) is 0 Å². The third-order valence-corrected chi connectivity index (χ3v) is 4.67. The van der Waals surface area contributed by atoms with Crippen LogP contribution in [0.1, 0.15) is 33.1 Å². The summed E-state index contributed by atoms with van der Waals surface area (Å²) in [7, 11) is 0. The molecule has 2 heterocycles. The van der Waals surface area contributed by atoms with Gasteiger partial charge in [0.25, 0.3) is 0 Å². The van der Waals surface area contributed by atoms with E-state index in [1.807, 2.05) is 0 Å². The van der Waals surface area contributed by atoms with Crippen molar-refractivity contribution in [2.24, 2.45) is 17.8 Å². The first-order chi connectivity index (χ1) is 7.27. The molecule has 3 rings (SSSR count). The molecule has 2 nitrogen and oxygen atoms in total. The molecular weight excluding hydrogens is 184 g/mol. The summed E-state index contributed by atoms with van der Waals surface area (Å²) in [6.45, 7) is 8.76. The molecule has 0 amide bonds. The van der Waals surface area contributed by atoms with E-state index in [9.17, 15) is 0 Å². The third-order valence-electron chi connectivity index (χ3n) is 4.67. The predicted octanol–water partition coefficient (Wildman–Crippen LogP) is 1.71. The van der Waals surface area contributed by atoms with Gasteiger partial charge in [-0.3, -0.25) is 4.90 Å². The fourth-order valence-corrected chi connectivity index (χ4v) is 3.89.